The monoisotopic (exact) mass is 562 g/mol. The number of rotatable bonds is 9. The number of aldehydes is 1. The molecule has 0 bridgehead atoms. The van der Waals surface area contributed by atoms with Crippen molar-refractivity contribution in [2.45, 2.75) is 54.0 Å². The van der Waals surface area contributed by atoms with E-state index >= 15 is 0 Å². The van der Waals surface area contributed by atoms with Crippen LogP contribution in [0.5, 0.6) is 0 Å². The Morgan fingerprint density at radius 1 is 1.10 bits per heavy atom. The van der Waals surface area contributed by atoms with Crippen LogP contribution >= 0.6 is 11.6 Å². The molecule has 0 fully saturated rings. The van der Waals surface area contributed by atoms with Crippen LogP contribution in [0.3, 0.4) is 0 Å². The highest BCUT2D eigenvalue weighted by Gasteiger charge is 2.26. The van der Waals surface area contributed by atoms with Crippen molar-refractivity contribution in [3.05, 3.63) is 86.7 Å². The first kappa shape index (κ1) is 31.8. The second kappa shape index (κ2) is 14.6. The lowest BCUT2D eigenvalue weighted by molar-refractivity contribution is 0.103. The quantitative estimate of drug-likeness (QED) is 0.164. The molecule has 0 aliphatic rings. The standard InChI is InChI=1S/C25H22ClF3N4O2.2C2H6/c1-13-17(27)9-18(28)23(24(13)29)25(35)16-10-30-21(12-34)15(16)4-3-7-33(2)11-22-31-19-6-5-14(26)8-20(19)32-22;2*1-2/h5-6,8-10,12,30H,3-4,7,11H2,1-2H3,(H,31,32);2*1-2H3. The van der Waals surface area contributed by atoms with E-state index in [0.29, 0.717) is 48.9 Å². The number of carbonyl (C=O) groups excluding carboxylic acids is 2. The number of imidazole rings is 1. The third-order valence-corrected chi connectivity index (χ3v) is 6.13. The van der Waals surface area contributed by atoms with Crippen LogP contribution in [0, 0.1) is 24.4 Å². The summed E-state index contributed by atoms with van der Waals surface area (Å²) in [5.74, 6) is -3.80. The fourth-order valence-corrected chi connectivity index (χ4v) is 4.22. The zero-order valence-corrected chi connectivity index (χ0v) is 23.8. The van der Waals surface area contributed by atoms with E-state index < -0.39 is 34.4 Å². The van der Waals surface area contributed by atoms with Crippen molar-refractivity contribution in [1.82, 2.24) is 19.9 Å². The highest BCUT2D eigenvalue weighted by Crippen LogP contribution is 2.26. The van der Waals surface area contributed by atoms with Crippen molar-refractivity contribution in [1.29, 1.82) is 0 Å². The van der Waals surface area contributed by atoms with E-state index in [9.17, 15) is 22.8 Å². The highest BCUT2D eigenvalue weighted by molar-refractivity contribution is 6.31. The van der Waals surface area contributed by atoms with Crippen LogP contribution in [0.25, 0.3) is 11.0 Å². The fourth-order valence-electron chi connectivity index (χ4n) is 4.05. The Morgan fingerprint density at radius 3 is 2.46 bits per heavy atom. The molecule has 39 heavy (non-hydrogen) atoms. The van der Waals surface area contributed by atoms with Crippen molar-refractivity contribution < 1.29 is 22.8 Å². The second-order valence-electron chi connectivity index (χ2n) is 8.38. The van der Waals surface area contributed by atoms with Gasteiger partial charge in [-0.05, 0) is 57.1 Å². The van der Waals surface area contributed by atoms with Crippen molar-refractivity contribution >= 4 is 34.7 Å². The normalized spacial score (nSPS) is 10.6. The average Bonchev–Trinajstić information content (AvgIpc) is 3.52. The number of hydrogen-bond acceptors (Lipinski definition) is 4. The maximum atomic E-state index is 14.5. The summed E-state index contributed by atoms with van der Waals surface area (Å²) in [6.07, 6.45) is 2.66. The Balaban J connectivity index is 0.00000127. The highest BCUT2D eigenvalue weighted by atomic mass is 35.5. The van der Waals surface area contributed by atoms with Gasteiger partial charge in [0.2, 0.25) is 5.78 Å². The van der Waals surface area contributed by atoms with Gasteiger partial charge in [-0.25, -0.2) is 18.2 Å². The van der Waals surface area contributed by atoms with E-state index in [1.54, 1.807) is 12.1 Å². The van der Waals surface area contributed by atoms with E-state index in [1.165, 1.54) is 6.20 Å². The summed E-state index contributed by atoms with van der Waals surface area (Å²) in [6, 6.07) is 5.88. The number of H-pyrrole nitrogens is 2. The van der Waals surface area contributed by atoms with Crippen LogP contribution in [0.1, 0.15) is 77.5 Å². The summed E-state index contributed by atoms with van der Waals surface area (Å²) in [5, 5.41) is 0.611. The zero-order valence-electron chi connectivity index (χ0n) is 23.0. The number of aromatic nitrogens is 3. The van der Waals surface area contributed by atoms with Crippen LogP contribution in [-0.2, 0) is 13.0 Å². The number of carbonyl (C=O) groups is 2. The van der Waals surface area contributed by atoms with Crippen molar-refractivity contribution in [2.75, 3.05) is 13.6 Å². The topological polar surface area (TPSA) is 81.8 Å². The average molecular weight is 563 g/mol. The third-order valence-electron chi connectivity index (χ3n) is 5.89. The molecule has 2 heterocycles. The van der Waals surface area contributed by atoms with Gasteiger partial charge in [0.25, 0.3) is 0 Å². The molecule has 2 aromatic carbocycles. The first-order chi connectivity index (χ1) is 18.7. The number of ketones is 1. The van der Waals surface area contributed by atoms with Crippen molar-refractivity contribution in [3.8, 4) is 0 Å². The zero-order chi connectivity index (χ0) is 29.3. The number of fused-ring (bicyclic) bond motifs is 1. The number of aromatic amines is 2. The largest absolute Gasteiger partial charge is 0.358 e. The molecule has 0 aliphatic heterocycles. The first-order valence-electron chi connectivity index (χ1n) is 12.9. The SMILES string of the molecule is CC.CC.Cc1c(F)cc(F)c(C(=O)c2c[nH]c(C=O)c2CCCN(C)Cc2nc3ccc(Cl)cc3[nH]2)c1F. The summed E-state index contributed by atoms with van der Waals surface area (Å²) in [6.45, 7) is 10.2. The molecule has 0 radical (unpaired) electrons. The van der Waals surface area contributed by atoms with E-state index in [-0.39, 0.29) is 11.3 Å². The molecule has 2 aromatic heterocycles. The van der Waals surface area contributed by atoms with Gasteiger partial charge in [-0.3, -0.25) is 14.5 Å². The Hall–Kier alpha value is -3.43. The summed E-state index contributed by atoms with van der Waals surface area (Å²) >= 11 is 6.01. The molecular weight excluding hydrogens is 529 g/mol. The lowest BCUT2D eigenvalue weighted by atomic mass is 9.96. The molecule has 0 saturated heterocycles. The molecule has 0 atom stereocenters. The molecule has 0 amide bonds. The molecule has 10 heteroatoms. The fraction of sp³-hybridized carbons (Fsp3) is 0.345. The maximum absolute atomic E-state index is 14.5. The van der Waals surface area contributed by atoms with Gasteiger partial charge in [-0.1, -0.05) is 39.3 Å². The van der Waals surface area contributed by atoms with Gasteiger partial charge in [0.15, 0.2) is 6.29 Å². The Kier molecular flexibility index (Phi) is 11.9. The number of hydrogen-bond donors (Lipinski definition) is 2. The number of halogens is 4. The minimum atomic E-state index is -1.29. The summed E-state index contributed by atoms with van der Waals surface area (Å²) in [5.41, 5.74) is 0.845. The van der Waals surface area contributed by atoms with Crippen LogP contribution in [0.4, 0.5) is 13.2 Å². The van der Waals surface area contributed by atoms with E-state index in [4.69, 9.17) is 11.6 Å². The van der Waals surface area contributed by atoms with Crippen LogP contribution in [0.15, 0.2) is 30.5 Å². The first-order valence-corrected chi connectivity index (χ1v) is 13.2. The van der Waals surface area contributed by atoms with Gasteiger partial charge in [-0.2, -0.15) is 0 Å². The molecule has 6 nitrogen and oxygen atoms in total. The summed E-state index contributed by atoms with van der Waals surface area (Å²) in [4.78, 5) is 36.9. The molecule has 0 spiro atoms. The number of benzene rings is 2. The molecule has 4 rings (SSSR count). The minimum Gasteiger partial charge on any atom is -0.358 e. The van der Waals surface area contributed by atoms with Gasteiger partial charge in [-0.15, -0.1) is 0 Å². The lowest BCUT2D eigenvalue weighted by Gasteiger charge is -2.15. The summed E-state index contributed by atoms with van der Waals surface area (Å²) in [7, 11) is 1.90. The van der Waals surface area contributed by atoms with Crippen LogP contribution in [-0.4, -0.2) is 45.5 Å². The molecule has 2 N–H and O–H groups in total. The third kappa shape index (κ3) is 7.36. The predicted molar refractivity (Wildman–Crippen MR) is 149 cm³/mol. The van der Waals surface area contributed by atoms with Crippen molar-refractivity contribution in [3.63, 3.8) is 0 Å². The van der Waals surface area contributed by atoms with Crippen LogP contribution < -0.4 is 0 Å². The molecule has 210 valence electrons. The number of nitrogens with one attached hydrogen (secondary N) is 2. The second-order valence-corrected chi connectivity index (χ2v) is 8.82. The van der Waals surface area contributed by atoms with Crippen LogP contribution in [0.2, 0.25) is 5.02 Å². The van der Waals surface area contributed by atoms with Crippen molar-refractivity contribution in [2.24, 2.45) is 0 Å². The summed E-state index contributed by atoms with van der Waals surface area (Å²) < 4.78 is 42.5. The van der Waals surface area contributed by atoms with Gasteiger partial charge in [0.05, 0.1) is 28.8 Å². The molecule has 0 aliphatic carbocycles. The van der Waals surface area contributed by atoms with E-state index in [2.05, 4.69) is 15.0 Å². The number of nitrogens with zero attached hydrogens (tertiary/aromatic N) is 2. The predicted octanol–water partition coefficient (Wildman–Crippen LogP) is 7.43. The van der Waals surface area contributed by atoms with E-state index in [0.717, 1.165) is 23.8 Å². The molecule has 4 aromatic rings. The maximum Gasteiger partial charge on any atom is 0.200 e. The van der Waals surface area contributed by atoms with Gasteiger partial charge in [0.1, 0.15) is 23.3 Å². The molecular formula is C29H34ClF3N4O2. The Morgan fingerprint density at radius 2 is 1.79 bits per heavy atom. The molecule has 0 saturated carbocycles. The minimum absolute atomic E-state index is 0.0206. The van der Waals surface area contributed by atoms with Gasteiger partial charge in [0, 0.05) is 28.4 Å². The lowest BCUT2D eigenvalue weighted by Crippen LogP contribution is -2.20. The molecule has 0 unspecified atom stereocenters. The van der Waals surface area contributed by atoms with Gasteiger partial charge < -0.3 is 9.97 Å². The van der Waals surface area contributed by atoms with E-state index in [1.807, 2.05) is 45.7 Å². The smallest absolute Gasteiger partial charge is 0.200 e. The van der Waals surface area contributed by atoms with Gasteiger partial charge >= 0.3 is 0 Å². The Labute approximate surface area is 231 Å². The Bertz CT molecular complexity index is 1430.